The lowest BCUT2D eigenvalue weighted by Crippen LogP contribution is -2.46. The Labute approximate surface area is 270 Å². The van der Waals surface area contributed by atoms with E-state index in [0.29, 0.717) is 6.54 Å². The van der Waals surface area contributed by atoms with Crippen molar-refractivity contribution in [3.63, 3.8) is 0 Å². The van der Waals surface area contributed by atoms with Gasteiger partial charge in [-0.05, 0) is 6.92 Å². The van der Waals surface area contributed by atoms with Crippen molar-refractivity contribution in [3.05, 3.63) is 30.6 Å². The van der Waals surface area contributed by atoms with E-state index < -0.39 is 30.5 Å². The van der Waals surface area contributed by atoms with Crippen LogP contribution in [0.15, 0.2) is 30.6 Å². The summed E-state index contributed by atoms with van der Waals surface area (Å²) in [4.78, 5) is 52.3. The van der Waals surface area contributed by atoms with Gasteiger partial charge in [0.15, 0.2) is 24.0 Å². The first-order valence-corrected chi connectivity index (χ1v) is 14.5. The van der Waals surface area contributed by atoms with Crippen molar-refractivity contribution in [2.24, 2.45) is 29.6 Å². The van der Waals surface area contributed by atoms with Crippen LogP contribution in [0.5, 0.6) is 0 Å². The van der Waals surface area contributed by atoms with Crippen molar-refractivity contribution in [2.45, 2.75) is 102 Å². The van der Waals surface area contributed by atoms with Crippen LogP contribution in [0.25, 0.3) is 0 Å². The zero-order chi connectivity index (χ0) is 36.0. The molecule has 0 amide bonds. The summed E-state index contributed by atoms with van der Waals surface area (Å²) in [5.41, 5.74) is 0. The van der Waals surface area contributed by atoms with Crippen LogP contribution in [0, 0.1) is 29.6 Å². The molecule has 45 heavy (non-hydrogen) atoms. The van der Waals surface area contributed by atoms with Gasteiger partial charge in [0.05, 0.1) is 5.88 Å². The number of alkyl halides is 7. The van der Waals surface area contributed by atoms with Gasteiger partial charge in [0.2, 0.25) is 12.3 Å². The van der Waals surface area contributed by atoms with E-state index in [1.807, 2.05) is 76.7 Å². The van der Waals surface area contributed by atoms with Gasteiger partial charge in [-0.1, -0.05) is 82.7 Å². The van der Waals surface area contributed by atoms with Crippen LogP contribution >= 0.6 is 11.6 Å². The van der Waals surface area contributed by atoms with Gasteiger partial charge in [-0.3, -0.25) is 24.0 Å². The molecule has 13 heteroatoms. The van der Waals surface area contributed by atoms with Crippen molar-refractivity contribution in [1.82, 2.24) is 0 Å². The van der Waals surface area contributed by atoms with Crippen LogP contribution < -0.4 is 4.57 Å². The molecule has 0 N–H and O–H groups in total. The minimum atomic E-state index is -5.78. The molecule has 0 spiro atoms. The Hall–Kier alpha value is -2.63. The number of nitrogens with zero attached hydrogens (tertiary/aromatic N) is 1. The fraction of sp³-hybridized carbons (Fsp3) is 0.688. The van der Waals surface area contributed by atoms with E-state index in [-0.39, 0.29) is 60.1 Å². The van der Waals surface area contributed by atoms with Gasteiger partial charge in [-0.25, -0.2) is 4.39 Å². The summed E-state index contributed by atoms with van der Waals surface area (Å²) in [6, 6.07) is 5.79. The SMILES string of the molecule is C.CC(=O)C(C)C.CC(C)C(=O)C(F)(F)C(F)(F)F.CC(C)C(=O)CCl.CC(C)C(=O)CF.CC(C)C(=O)C[n+]1ccccc1. The molecule has 0 saturated carbocycles. The number of Topliss-reactive ketones (excluding diaryl/α,β-unsaturated/α-hetero) is 5. The minimum Gasteiger partial charge on any atom is -0.300 e. The predicted octanol–water partition coefficient (Wildman–Crippen LogP) is 8.11. The molecule has 1 rings (SSSR count). The first-order valence-electron chi connectivity index (χ1n) is 13.9. The van der Waals surface area contributed by atoms with Gasteiger partial charge in [0.1, 0.15) is 18.2 Å². The van der Waals surface area contributed by atoms with Crippen LogP contribution in [-0.2, 0) is 30.5 Å². The molecule has 0 fully saturated rings. The van der Waals surface area contributed by atoms with E-state index in [2.05, 4.69) is 0 Å². The van der Waals surface area contributed by atoms with Crippen LogP contribution in [0.1, 0.15) is 83.6 Å². The van der Waals surface area contributed by atoms with Crippen LogP contribution in [0.2, 0.25) is 0 Å². The fourth-order valence-electron chi connectivity index (χ4n) is 1.71. The predicted molar refractivity (Wildman–Crippen MR) is 166 cm³/mol. The Balaban J connectivity index is -0.000000152. The smallest absolute Gasteiger partial charge is 0.300 e. The van der Waals surface area contributed by atoms with Crippen molar-refractivity contribution in [3.8, 4) is 0 Å². The molecule has 0 bridgehead atoms. The molecule has 0 aliphatic carbocycles. The molecule has 0 aliphatic heterocycles. The van der Waals surface area contributed by atoms with Crippen molar-refractivity contribution < 1.29 is 54.9 Å². The lowest BCUT2D eigenvalue weighted by atomic mass is 10.0. The van der Waals surface area contributed by atoms with Crippen LogP contribution in [0.4, 0.5) is 26.3 Å². The minimum absolute atomic E-state index is 0. The van der Waals surface area contributed by atoms with Gasteiger partial charge < -0.3 is 0 Å². The summed E-state index contributed by atoms with van der Waals surface area (Å²) in [6.45, 7) is 17.9. The second kappa shape index (κ2) is 26.6. The molecule has 0 aliphatic rings. The Morgan fingerprint density at radius 1 is 0.644 bits per heavy atom. The molecule has 0 radical (unpaired) electrons. The molecule has 0 atom stereocenters. The summed E-state index contributed by atoms with van der Waals surface area (Å²) in [6.07, 6.45) is -1.98. The number of carbonyl (C=O) groups excluding carboxylic acids is 5. The highest BCUT2D eigenvalue weighted by Gasteiger charge is 2.63. The summed E-state index contributed by atoms with van der Waals surface area (Å²) >= 11 is 5.20. The first kappa shape index (κ1) is 51.9. The summed E-state index contributed by atoms with van der Waals surface area (Å²) in [5, 5.41) is 0. The van der Waals surface area contributed by atoms with Crippen molar-refractivity contribution >= 4 is 40.5 Å². The standard InChI is InChI=1S/C10H14NO.C6H7F5O.C5H9ClO.C5H9FO.C5H10O.CH4/c1-9(2)10(12)8-11-6-4-3-5-7-11;1-3(2)4(12)5(7,8)6(9,10)11;2*1-4(2)5(7)3-6;1-4(2)5(3)6;/h3-7,9H,8H2,1-2H3;3H,1-2H3;2*4H,3H2,1-2H3;4H,1-3H3;1H4/q+1;;;;;. The third-order valence-corrected chi connectivity index (χ3v) is 5.58. The number of ketones is 5. The molecule has 0 aromatic carbocycles. The fourth-order valence-corrected chi connectivity index (χ4v) is 2.02. The number of halogens is 7. The van der Waals surface area contributed by atoms with E-state index in [1.165, 1.54) is 0 Å². The normalized spacial score (nSPS) is 10.6. The highest BCUT2D eigenvalue weighted by atomic mass is 35.5. The summed E-state index contributed by atoms with van der Waals surface area (Å²) in [5.74, 6) is -7.90. The maximum atomic E-state index is 12.1. The molecule has 0 unspecified atom stereocenters. The Morgan fingerprint density at radius 3 is 1.16 bits per heavy atom. The third-order valence-electron chi connectivity index (χ3n) is 5.31. The lowest BCUT2D eigenvalue weighted by molar-refractivity contribution is -0.684. The lowest BCUT2D eigenvalue weighted by Gasteiger charge is -2.19. The van der Waals surface area contributed by atoms with Gasteiger partial charge in [-0.2, -0.15) is 26.5 Å². The monoisotopic (exact) mass is 680 g/mol. The van der Waals surface area contributed by atoms with E-state index >= 15 is 0 Å². The number of aromatic nitrogens is 1. The Bertz CT molecular complexity index is 960. The number of carbonyl (C=O) groups is 5. The van der Waals surface area contributed by atoms with E-state index in [1.54, 1.807) is 20.8 Å². The van der Waals surface area contributed by atoms with Gasteiger partial charge in [0, 0.05) is 41.7 Å². The average molecular weight is 681 g/mol. The summed E-state index contributed by atoms with van der Waals surface area (Å²) in [7, 11) is 0. The molecule has 1 aromatic rings. The number of hydrogen-bond donors (Lipinski definition) is 0. The van der Waals surface area contributed by atoms with Gasteiger partial charge in [-0.15, -0.1) is 11.6 Å². The average Bonchev–Trinajstić information content (AvgIpc) is 2.92. The largest absolute Gasteiger partial charge is 0.461 e. The topological polar surface area (TPSA) is 89.2 Å². The highest BCUT2D eigenvalue weighted by Crippen LogP contribution is 2.37. The van der Waals surface area contributed by atoms with Gasteiger partial charge >= 0.3 is 12.1 Å². The Morgan fingerprint density at radius 2 is 1.00 bits per heavy atom. The van der Waals surface area contributed by atoms with E-state index in [9.17, 15) is 50.3 Å². The molecular formula is C32H53ClF6NO5+. The molecule has 6 nitrogen and oxygen atoms in total. The second-order valence-electron chi connectivity index (χ2n) is 11.0. The Kier molecular flexibility index (Phi) is 30.7. The first-order chi connectivity index (χ1) is 19.8. The second-order valence-corrected chi connectivity index (χ2v) is 11.3. The maximum absolute atomic E-state index is 12.1. The van der Waals surface area contributed by atoms with Crippen LogP contribution in [0.3, 0.4) is 0 Å². The number of pyridine rings is 1. The molecular weight excluding hydrogens is 628 g/mol. The summed E-state index contributed by atoms with van der Waals surface area (Å²) < 4.78 is 71.8. The maximum Gasteiger partial charge on any atom is 0.461 e. The molecule has 264 valence electrons. The quantitative estimate of drug-likeness (QED) is 0.142. The van der Waals surface area contributed by atoms with Crippen molar-refractivity contribution in [2.75, 3.05) is 12.6 Å². The highest BCUT2D eigenvalue weighted by molar-refractivity contribution is 6.27. The molecule has 1 aromatic heterocycles. The van der Waals surface area contributed by atoms with E-state index in [0.717, 1.165) is 13.8 Å². The van der Waals surface area contributed by atoms with Crippen molar-refractivity contribution in [1.29, 1.82) is 0 Å². The zero-order valence-electron chi connectivity index (χ0n) is 27.5. The van der Waals surface area contributed by atoms with Crippen LogP contribution in [-0.4, -0.2) is 53.6 Å². The molecule has 1 heterocycles. The molecule has 0 saturated heterocycles. The number of rotatable bonds is 10. The third kappa shape index (κ3) is 27.4. The number of hydrogen-bond acceptors (Lipinski definition) is 5. The van der Waals surface area contributed by atoms with E-state index in [4.69, 9.17) is 11.6 Å². The zero-order valence-corrected chi connectivity index (χ0v) is 28.3. The van der Waals surface area contributed by atoms with Gasteiger partial charge in [0.25, 0.3) is 0 Å².